The van der Waals surface area contributed by atoms with Gasteiger partial charge in [0.2, 0.25) is 0 Å². The molecule has 0 unspecified atom stereocenters. The smallest absolute Gasteiger partial charge is 0.171 e. The molecule has 0 saturated heterocycles. The van der Waals surface area contributed by atoms with E-state index in [-0.39, 0.29) is 5.78 Å². The first-order valence-corrected chi connectivity index (χ1v) is 6.51. The molecule has 17 heavy (non-hydrogen) atoms. The summed E-state index contributed by atoms with van der Waals surface area (Å²) in [5.74, 6) is 0.109. The molecule has 0 saturated carbocycles. The Morgan fingerprint density at radius 1 is 1.41 bits per heavy atom. The van der Waals surface area contributed by atoms with E-state index in [9.17, 15) is 4.79 Å². The highest BCUT2D eigenvalue weighted by atomic mass is 32.1. The van der Waals surface area contributed by atoms with E-state index in [4.69, 9.17) is 0 Å². The first-order valence-electron chi connectivity index (χ1n) is 5.69. The number of aromatic nitrogens is 1. The van der Waals surface area contributed by atoms with Crippen molar-refractivity contribution in [1.82, 2.24) is 4.98 Å². The molecule has 0 radical (unpaired) electrons. The van der Waals surface area contributed by atoms with Crippen molar-refractivity contribution >= 4 is 17.1 Å². The Hall–Kier alpha value is -1.48. The lowest BCUT2D eigenvalue weighted by molar-refractivity contribution is 0.102. The minimum Gasteiger partial charge on any atom is -0.294 e. The lowest BCUT2D eigenvalue weighted by atomic mass is 10.1. The number of hydrogen-bond acceptors (Lipinski definition) is 3. The molecule has 0 spiro atoms. The molecular formula is C14H15NOS. The van der Waals surface area contributed by atoms with Crippen molar-refractivity contribution in [3.8, 4) is 10.6 Å². The van der Waals surface area contributed by atoms with E-state index in [1.165, 1.54) is 16.9 Å². The summed E-state index contributed by atoms with van der Waals surface area (Å²) in [5, 5.41) is 0.941. The number of thiazole rings is 1. The van der Waals surface area contributed by atoms with Gasteiger partial charge in [0.25, 0.3) is 0 Å². The quantitative estimate of drug-likeness (QED) is 0.768. The predicted octanol–water partition coefficient (Wildman–Crippen LogP) is 3.88. The van der Waals surface area contributed by atoms with Gasteiger partial charge in [0.15, 0.2) is 5.78 Å². The minimum atomic E-state index is 0.109. The predicted molar refractivity (Wildman–Crippen MR) is 71.7 cm³/mol. The van der Waals surface area contributed by atoms with Gasteiger partial charge in [-0.25, -0.2) is 4.98 Å². The zero-order valence-corrected chi connectivity index (χ0v) is 11.1. The molecule has 0 aliphatic carbocycles. The number of ketones is 1. The molecule has 0 amide bonds. The Morgan fingerprint density at radius 3 is 2.71 bits per heavy atom. The molecule has 0 N–H and O–H groups in total. The second-order valence-corrected chi connectivity index (χ2v) is 5.07. The summed E-state index contributed by atoms with van der Waals surface area (Å²) in [7, 11) is 0. The SMILES string of the molecule is CCc1nc(-c2cccc(C)c2)sc1C(C)=O. The number of benzene rings is 1. The normalized spacial score (nSPS) is 10.5. The summed E-state index contributed by atoms with van der Waals surface area (Å²) in [6.07, 6.45) is 0.803. The highest BCUT2D eigenvalue weighted by Gasteiger charge is 2.14. The maximum Gasteiger partial charge on any atom is 0.171 e. The largest absolute Gasteiger partial charge is 0.294 e. The highest BCUT2D eigenvalue weighted by molar-refractivity contribution is 7.17. The number of hydrogen-bond donors (Lipinski definition) is 0. The molecular weight excluding hydrogens is 230 g/mol. The molecule has 2 rings (SSSR count). The molecule has 0 fully saturated rings. The summed E-state index contributed by atoms with van der Waals surface area (Å²) in [5.41, 5.74) is 3.22. The second kappa shape index (κ2) is 4.80. The Bertz CT molecular complexity index is 557. The van der Waals surface area contributed by atoms with Crippen LogP contribution in [-0.4, -0.2) is 10.8 Å². The molecule has 0 aliphatic rings. The van der Waals surface area contributed by atoms with Gasteiger partial charge < -0.3 is 0 Å². The Morgan fingerprint density at radius 2 is 2.18 bits per heavy atom. The maximum absolute atomic E-state index is 11.5. The average molecular weight is 245 g/mol. The lowest BCUT2D eigenvalue weighted by Gasteiger charge is -1.97. The zero-order chi connectivity index (χ0) is 12.4. The topological polar surface area (TPSA) is 30.0 Å². The minimum absolute atomic E-state index is 0.109. The monoisotopic (exact) mass is 245 g/mol. The molecule has 1 heterocycles. The molecule has 2 aromatic rings. The Kier molecular flexibility index (Phi) is 3.38. The van der Waals surface area contributed by atoms with Crippen molar-refractivity contribution in [2.24, 2.45) is 0 Å². The van der Waals surface area contributed by atoms with Crippen molar-refractivity contribution in [3.05, 3.63) is 40.4 Å². The number of aryl methyl sites for hydroxylation is 2. The fourth-order valence-corrected chi connectivity index (χ4v) is 2.81. The first-order chi connectivity index (χ1) is 8.11. The van der Waals surface area contributed by atoms with Gasteiger partial charge in [-0.3, -0.25) is 4.79 Å². The summed E-state index contributed by atoms with van der Waals surface area (Å²) < 4.78 is 0. The van der Waals surface area contributed by atoms with Gasteiger partial charge in [-0.15, -0.1) is 11.3 Å². The Balaban J connectivity index is 2.50. The number of nitrogens with zero attached hydrogens (tertiary/aromatic N) is 1. The van der Waals surface area contributed by atoms with Crippen molar-refractivity contribution in [2.75, 3.05) is 0 Å². The van der Waals surface area contributed by atoms with Gasteiger partial charge in [-0.05, 0) is 19.4 Å². The van der Waals surface area contributed by atoms with E-state index < -0.39 is 0 Å². The number of carbonyl (C=O) groups is 1. The van der Waals surface area contributed by atoms with Crippen LogP contribution < -0.4 is 0 Å². The highest BCUT2D eigenvalue weighted by Crippen LogP contribution is 2.29. The fourth-order valence-electron chi connectivity index (χ4n) is 1.77. The van der Waals surface area contributed by atoms with Crippen LogP contribution in [0.3, 0.4) is 0 Å². The van der Waals surface area contributed by atoms with Crippen molar-refractivity contribution in [2.45, 2.75) is 27.2 Å². The van der Waals surface area contributed by atoms with Crippen molar-refractivity contribution in [1.29, 1.82) is 0 Å². The third kappa shape index (κ3) is 2.44. The first kappa shape index (κ1) is 12.0. The van der Waals surface area contributed by atoms with Crippen LogP contribution >= 0.6 is 11.3 Å². The lowest BCUT2D eigenvalue weighted by Crippen LogP contribution is -1.93. The second-order valence-electron chi connectivity index (χ2n) is 4.07. The standard InChI is InChI=1S/C14H15NOS/c1-4-12-13(10(3)16)17-14(15-12)11-7-5-6-9(2)8-11/h5-8H,4H2,1-3H3. The van der Waals surface area contributed by atoms with Crippen molar-refractivity contribution < 1.29 is 4.79 Å². The van der Waals surface area contributed by atoms with Crippen LogP contribution in [0.2, 0.25) is 0 Å². The van der Waals surface area contributed by atoms with Crippen LogP contribution in [0, 0.1) is 6.92 Å². The van der Waals surface area contributed by atoms with Crippen LogP contribution in [0.1, 0.15) is 34.8 Å². The summed E-state index contributed by atoms with van der Waals surface area (Å²) in [4.78, 5) is 16.9. The third-order valence-corrected chi connectivity index (χ3v) is 3.86. The fraction of sp³-hybridized carbons (Fsp3) is 0.286. The summed E-state index contributed by atoms with van der Waals surface area (Å²) in [6, 6.07) is 8.21. The zero-order valence-electron chi connectivity index (χ0n) is 10.3. The van der Waals surface area contributed by atoms with Gasteiger partial charge in [-0.2, -0.15) is 0 Å². The summed E-state index contributed by atoms with van der Waals surface area (Å²) in [6.45, 7) is 5.69. The Labute approximate surface area is 105 Å². The van der Waals surface area contributed by atoms with Gasteiger partial charge in [0.05, 0.1) is 10.6 Å². The van der Waals surface area contributed by atoms with E-state index in [0.717, 1.165) is 27.6 Å². The van der Waals surface area contributed by atoms with E-state index in [1.807, 2.05) is 19.1 Å². The maximum atomic E-state index is 11.5. The van der Waals surface area contributed by atoms with Crippen LogP contribution in [0.25, 0.3) is 10.6 Å². The van der Waals surface area contributed by atoms with E-state index in [0.29, 0.717) is 0 Å². The van der Waals surface area contributed by atoms with Crippen LogP contribution in [0.4, 0.5) is 0 Å². The molecule has 0 aliphatic heterocycles. The van der Waals surface area contributed by atoms with Crippen LogP contribution in [0.5, 0.6) is 0 Å². The van der Waals surface area contributed by atoms with E-state index in [1.54, 1.807) is 6.92 Å². The van der Waals surface area contributed by atoms with Gasteiger partial charge in [-0.1, -0.05) is 30.7 Å². The molecule has 1 aromatic heterocycles. The summed E-state index contributed by atoms with van der Waals surface area (Å²) >= 11 is 1.49. The van der Waals surface area contributed by atoms with Gasteiger partial charge in [0.1, 0.15) is 5.01 Å². The van der Waals surface area contributed by atoms with E-state index in [2.05, 4.69) is 24.0 Å². The molecule has 0 bridgehead atoms. The molecule has 88 valence electrons. The van der Waals surface area contributed by atoms with E-state index >= 15 is 0 Å². The molecule has 2 nitrogen and oxygen atoms in total. The van der Waals surface area contributed by atoms with Crippen LogP contribution in [0.15, 0.2) is 24.3 Å². The van der Waals surface area contributed by atoms with Crippen LogP contribution in [-0.2, 0) is 6.42 Å². The number of carbonyl (C=O) groups excluding carboxylic acids is 1. The van der Waals surface area contributed by atoms with Gasteiger partial charge >= 0.3 is 0 Å². The molecule has 0 atom stereocenters. The average Bonchev–Trinajstić information content (AvgIpc) is 2.73. The number of rotatable bonds is 3. The third-order valence-electron chi connectivity index (χ3n) is 2.62. The molecule has 3 heteroatoms. The number of Topliss-reactive ketones (excluding diaryl/α,β-unsaturated/α-hetero) is 1. The van der Waals surface area contributed by atoms with Crippen molar-refractivity contribution in [3.63, 3.8) is 0 Å². The molecule has 1 aromatic carbocycles. The van der Waals surface area contributed by atoms with Gasteiger partial charge in [0, 0.05) is 12.5 Å².